The summed E-state index contributed by atoms with van der Waals surface area (Å²) in [5.74, 6) is 0.952. The lowest BCUT2D eigenvalue weighted by Crippen LogP contribution is -2.23. The molecule has 0 saturated heterocycles. The van der Waals surface area contributed by atoms with Crippen LogP contribution in [0.4, 0.5) is 15.8 Å². The zero-order valence-electron chi connectivity index (χ0n) is 9.48. The van der Waals surface area contributed by atoms with Gasteiger partial charge in [0.25, 0.3) is 0 Å². The molecule has 1 aromatic rings. The fraction of sp³-hybridized carbons (Fsp3) is 0.500. The van der Waals surface area contributed by atoms with Crippen molar-refractivity contribution in [2.24, 2.45) is 11.8 Å². The second kappa shape index (κ2) is 4.62. The molecule has 2 nitrogen and oxygen atoms in total. The molecule has 2 rings (SSSR count). The van der Waals surface area contributed by atoms with E-state index in [4.69, 9.17) is 0 Å². The summed E-state index contributed by atoms with van der Waals surface area (Å²) < 4.78 is 13.9. The highest BCUT2D eigenvalue weighted by Gasteiger charge is 2.19. The van der Waals surface area contributed by atoms with E-state index < -0.39 is 0 Å². The molecule has 0 spiro atoms. The first-order chi connectivity index (χ1) is 7.58. The Bertz CT molecular complexity index is 360. The molecule has 0 fully saturated rings. The lowest BCUT2D eigenvalue weighted by molar-refractivity contribution is 0.426. The quantitative estimate of drug-likeness (QED) is 0.823. The highest BCUT2D eigenvalue weighted by atomic mass is 79.9. The summed E-state index contributed by atoms with van der Waals surface area (Å²) in [6, 6.07) is 3.33. The molecule has 1 aliphatic rings. The van der Waals surface area contributed by atoms with E-state index in [1.54, 1.807) is 6.07 Å². The van der Waals surface area contributed by atoms with Gasteiger partial charge >= 0.3 is 0 Å². The van der Waals surface area contributed by atoms with Gasteiger partial charge in [0.05, 0.1) is 15.8 Å². The Balaban J connectivity index is 2.24. The van der Waals surface area contributed by atoms with Gasteiger partial charge in [-0.15, -0.1) is 0 Å². The normalized spacial score (nSPS) is 19.7. The molecule has 0 amide bonds. The first-order valence-electron chi connectivity index (χ1n) is 5.54. The number of fused-ring (bicyclic) bond motifs is 1. The van der Waals surface area contributed by atoms with E-state index in [2.05, 4.69) is 40.4 Å². The summed E-state index contributed by atoms with van der Waals surface area (Å²) in [6.07, 6.45) is 0. The van der Waals surface area contributed by atoms with Crippen molar-refractivity contribution in [3.05, 3.63) is 22.4 Å². The summed E-state index contributed by atoms with van der Waals surface area (Å²) in [5.41, 5.74) is 1.82. The van der Waals surface area contributed by atoms with Crippen LogP contribution in [0.2, 0.25) is 0 Å². The third kappa shape index (κ3) is 2.32. The van der Waals surface area contributed by atoms with Gasteiger partial charge < -0.3 is 10.6 Å². The van der Waals surface area contributed by atoms with E-state index in [9.17, 15) is 4.39 Å². The molecule has 0 saturated carbocycles. The molecule has 4 heteroatoms. The molecule has 88 valence electrons. The third-order valence-corrected chi connectivity index (χ3v) is 3.72. The topological polar surface area (TPSA) is 24.1 Å². The van der Waals surface area contributed by atoms with Crippen molar-refractivity contribution in [3.63, 3.8) is 0 Å². The lowest BCUT2D eigenvalue weighted by atomic mass is 9.96. The molecule has 1 aromatic carbocycles. The number of hydrogen-bond acceptors (Lipinski definition) is 2. The van der Waals surface area contributed by atoms with Crippen LogP contribution in [0.15, 0.2) is 16.6 Å². The molecule has 0 aliphatic carbocycles. The van der Waals surface area contributed by atoms with Gasteiger partial charge in [0, 0.05) is 19.2 Å². The van der Waals surface area contributed by atoms with Crippen LogP contribution in [-0.2, 0) is 0 Å². The largest absolute Gasteiger partial charge is 0.383 e. The maximum atomic E-state index is 13.4. The van der Waals surface area contributed by atoms with Crippen molar-refractivity contribution in [2.45, 2.75) is 13.8 Å². The highest BCUT2D eigenvalue weighted by Crippen LogP contribution is 2.31. The van der Waals surface area contributed by atoms with Crippen LogP contribution in [0.25, 0.3) is 0 Å². The van der Waals surface area contributed by atoms with E-state index >= 15 is 0 Å². The van der Waals surface area contributed by atoms with Crippen molar-refractivity contribution in [1.82, 2.24) is 0 Å². The van der Waals surface area contributed by atoms with Crippen LogP contribution in [0, 0.1) is 17.7 Å². The van der Waals surface area contributed by atoms with E-state index in [0.717, 1.165) is 24.5 Å². The summed E-state index contributed by atoms with van der Waals surface area (Å²) in [7, 11) is 0. The second-order valence-electron chi connectivity index (χ2n) is 4.58. The van der Waals surface area contributed by atoms with Crippen molar-refractivity contribution < 1.29 is 4.39 Å². The van der Waals surface area contributed by atoms with Gasteiger partial charge in [-0.25, -0.2) is 4.39 Å². The maximum Gasteiger partial charge on any atom is 0.139 e. The molecule has 1 heterocycles. The van der Waals surface area contributed by atoms with Gasteiger partial charge in [0.15, 0.2) is 0 Å². The maximum absolute atomic E-state index is 13.4. The Morgan fingerprint density at radius 3 is 2.38 bits per heavy atom. The minimum absolute atomic E-state index is 0.226. The first-order valence-corrected chi connectivity index (χ1v) is 6.34. The average molecular weight is 287 g/mol. The molecule has 1 atom stereocenters. The molecule has 0 radical (unpaired) electrons. The van der Waals surface area contributed by atoms with E-state index in [-0.39, 0.29) is 5.82 Å². The van der Waals surface area contributed by atoms with Gasteiger partial charge in [0.2, 0.25) is 0 Å². The van der Waals surface area contributed by atoms with Crippen molar-refractivity contribution in [1.29, 1.82) is 0 Å². The smallest absolute Gasteiger partial charge is 0.139 e. The third-order valence-electron chi connectivity index (χ3n) is 3.11. The van der Waals surface area contributed by atoms with Gasteiger partial charge in [-0.1, -0.05) is 13.8 Å². The van der Waals surface area contributed by atoms with E-state index in [1.165, 1.54) is 6.07 Å². The highest BCUT2D eigenvalue weighted by molar-refractivity contribution is 9.10. The average Bonchev–Trinajstić information content (AvgIpc) is 2.41. The van der Waals surface area contributed by atoms with Crippen LogP contribution in [-0.4, -0.2) is 13.1 Å². The Morgan fingerprint density at radius 1 is 1.25 bits per heavy atom. The standard InChI is InChI=1S/C12H16BrFN2/c1-7(2)8-5-15-11-3-9(13)10(14)4-12(11)16-6-8/h3-4,7-8,15-16H,5-6H2,1-2H3. The van der Waals surface area contributed by atoms with Gasteiger partial charge in [0.1, 0.15) is 5.82 Å². The predicted octanol–water partition coefficient (Wildman–Crippen LogP) is 3.70. The van der Waals surface area contributed by atoms with E-state index in [0.29, 0.717) is 16.3 Å². The van der Waals surface area contributed by atoms with Gasteiger partial charge in [-0.3, -0.25) is 0 Å². The summed E-state index contributed by atoms with van der Waals surface area (Å²) in [4.78, 5) is 0. The number of hydrogen-bond donors (Lipinski definition) is 2. The fourth-order valence-corrected chi connectivity index (χ4v) is 2.21. The molecular formula is C12H16BrFN2. The van der Waals surface area contributed by atoms with Crippen molar-refractivity contribution >= 4 is 27.3 Å². The van der Waals surface area contributed by atoms with Gasteiger partial charge in [-0.2, -0.15) is 0 Å². The monoisotopic (exact) mass is 286 g/mol. The van der Waals surface area contributed by atoms with Crippen LogP contribution in [0.5, 0.6) is 0 Å². The molecule has 1 unspecified atom stereocenters. The molecule has 16 heavy (non-hydrogen) atoms. The number of anilines is 2. The number of halogens is 2. The molecule has 0 aromatic heterocycles. The van der Waals surface area contributed by atoms with Crippen LogP contribution < -0.4 is 10.6 Å². The zero-order valence-corrected chi connectivity index (χ0v) is 11.1. The Labute approximate surface area is 104 Å². The second-order valence-corrected chi connectivity index (χ2v) is 5.43. The summed E-state index contributed by atoms with van der Waals surface area (Å²) in [6.45, 7) is 6.23. The predicted molar refractivity (Wildman–Crippen MR) is 69.4 cm³/mol. The SMILES string of the molecule is CC(C)C1CNc2cc(F)c(Br)cc2NC1. The summed E-state index contributed by atoms with van der Waals surface area (Å²) >= 11 is 3.20. The van der Waals surface area contributed by atoms with Gasteiger partial charge in [-0.05, 0) is 33.8 Å². The fourth-order valence-electron chi connectivity index (χ4n) is 1.87. The Hall–Kier alpha value is -0.770. The minimum Gasteiger partial charge on any atom is -0.383 e. The first kappa shape index (κ1) is 11.7. The van der Waals surface area contributed by atoms with Crippen LogP contribution in [0.3, 0.4) is 0 Å². The van der Waals surface area contributed by atoms with Crippen LogP contribution in [0.1, 0.15) is 13.8 Å². The number of nitrogens with one attached hydrogen (secondary N) is 2. The lowest BCUT2D eigenvalue weighted by Gasteiger charge is -2.18. The zero-order chi connectivity index (χ0) is 11.7. The number of benzene rings is 1. The van der Waals surface area contributed by atoms with Crippen LogP contribution >= 0.6 is 15.9 Å². The van der Waals surface area contributed by atoms with Crippen molar-refractivity contribution in [2.75, 3.05) is 23.7 Å². The molecular weight excluding hydrogens is 271 g/mol. The molecule has 1 aliphatic heterocycles. The van der Waals surface area contributed by atoms with E-state index in [1.807, 2.05) is 0 Å². The molecule has 2 N–H and O–H groups in total. The van der Waals surface area contributed by atoms with Crippen molar-refractivity contribution in [3.8, 4) is 0 Å². The summed E-state index contributed by atoms with van der Waals surface area (Å²) in [5, 5.41) is 6.67. The number of rotatable bonds is 1. The Kier molecular flexibility index (Phi) is 3.38. The Morgan fingerprint density at radius 2 is 1.81 bits per heavy atom. The molecule has 0 bridgehead atoms. The minimum atomic E-state index is -0.226.